The van der Waals surface area contributed by atoms with E-state index in [0.29, 0.717) is 0 Å². The quantitative estimate of drug-likeness (QED) is 0.452. The third kappa shape index (κ3) is 12.4. The van der Waals surface area contributed by atoms with E-state index in [2.05, 4.69) is 11.4 Å². The van der Waals surface area contributed by atoms with Gasteiger partial charge in [-0.2, -0.15) is 4.39 Å². The highest BCUT2D eigenvalue weighted by Gasteiger charge is 2.10. The van der Waals surface area contributed by atoms with Gasteiger partial charge in [0.25, 0.3) is 0 Å². The lowest BCUT2D eigenvalue weighted by Crippen LogP contribution is -2.21. The van der Waals surface area contributed by atoms with Gasteiger partial charge in [-0.25, -0.2) is 5.06 Å². The Labute approximate surface area is 119 Å². The SMILES string of the molecule is C=C/C(=C(F)\C=C/C)[N+](=O)[O-].CC.CON(C)C(C)=O. The van der Waals surface area contributed by atoms with Crippen LogP contribution in [-0.4, -0.2) is 30.1 Å². The Morgan fingerprint density at radius 2 is 1.90 bits per heavy atom. The van der Waals surface area contributed by atoms with Gasteiger partial charge in [-0.15, -0.1) is 0 Å². The van der Waals surface area contributed by atoms with Crippen molar-refractivity contribution in [3.63, 3.8) is 0 Å². The van der Waals surface area contributed by atoms with Crippen LogP contribution in [0.5, 0.6) is 0 Å². The first kappa shape index (κ1) is 23.1. The third-order valence-corrected chi connectivity index (χ3v) is 1.67. The molecule has 0 spiro atoms. The summed E-state index contributed by atoms with van der Waals surface area (Å²) in [6.07, 6.45) is 3.26. The van der Waals surface area contributed by atoms with E-state index in [-0.39, 0.29) is 5.91 Å². The van der Waals surface area contributed by atoms with Crippen LogP contribution in [0.4, 0.5) is 4.39 Å². The Bertz CT molecular complexity index is 365. The average molecular weight is 290 g/mol. The number of hydroxylamine groups is 2. The standard InChI is InChI=1S/C7H8FNO2.C4H9NO2.C2H6/c1-3-5-6(8)7(4-2)9(10)11;1-4(6)5(2)7-3;1-2/h3-5H,2H2,1H3;1-3H3;1-2H3/b5-3-,7-6-;;. The smallest absolute Gasteiger partial charge is 0.275 e. The van der Waals surface area contributed by atoms with Gasteiger partial charge in [0.1, 0.15) is 0 Å². The molecular weight excluding hydrogens is 267 g/mol. The van der Waals surface area contributed by atoms with E-state index in [1.165, 1.54) is 20.1 Å². The first-order valence-corrected chi connectivity index (χ1v) is 5.89. The van der Waals surface area contributed by atoms with Crippen molar-refractivity contribution in [2.45, 2.75) is 27.7 Å². The molecule has 0 fully saturated rings. The van der Waals surface area contributed by atoms with Crippen LogP contribution in [0.3, 0.4) is 0 Å². The Hall–Kier alpha value is -2.02. The highest BCUT2D eigenvalue weighted by Crippen LogP contribution is 2.08. The highest BCUT2D eigenvalue weighted by molar-refractivity contribution is 5.71. The lowest BCUT2D eigenvalue weighted by atomic mass is 10.3. The first-order chi connectivity index (χ1) is 9.31. The van der Waals surface area contributed by atoms with E-state index in [0.717, 1.165) is 17.2 Å². The van der Waals surface area contributed by atoms with Crippen LogP contribution in [0.2, 0.25) is 0 Å². The van der Waals surface area contributed by atoms with Crippen molar-refractivity contribution in [2.24, 2.45) is 0 Å². The summed E-state index contributed by atoms with van der Waals surface area (Å²) in [5.41, 5.74) is -0.608. The summed E-state index contributed by atoms with van der Waals surface area (Å²) < 4.78 is 12.6. The molecule has 6 nitrogen and oxygen atoms in total. The molecule has 20 heavy (non-hydrogen) atoms. The molecule has 116 valence electrons. The van der Waals surface area contributed by atoms with Gasteiger partial charge in [-0.1, -0.05) is 26.5 Å². The van der Waals surface area contributed by atoms with Gasteiger partial charge in [0, 0.05) is 20.0 Å². The van der Waals surface area contributed by atoms with Crippen LogP contribution < -0.4 is 0 Å². The van der Waals surface area contributed by atoms with E-state index in [1.54, 1.807) is 14.0 Å². The van der Waals surface area contributed by atoms with Crippen LogP contribution in [0, 0.1) is 10.1 Å². The number of halogens is 1. The minimum absolute atomic E-state index is 0.0949. The summed E-state index contributed by atoms with van der Waals surface area (Å²) >= 11 is 0. The lowest BCUT2D eigenvalue weighted by molar-refractivity contribution is -0.420. The summed E-state index contributed by atoms with van der Waals surface area (Å²) in [7, 11) is 3.00. The Balaban J connectivity index is -0.000000277. The normalized spacial score (nSPS) is 10.3. The minimum atomic E-state index is -0.882. The van der Waals surface area contributed by atoms with Crippen LogP contribution in [-0.2, 0) is 9.63 Å². The molecule has 0 saturated heterocycles. The molecule has 0 saturated carbocycles. The molecule has 0 aliphatic heterocycles. The summed E-state index contributed by atoms with van der Waals surface area (Å²) in [6.45, 7) is 10.1. The fraction of sp³-hybridized carbons (Fsp3) is 0.462. The molecule has 0 atom stereocenters. The number of hydrogen-bond donors (Lipinski definition) is 0. The number of hydrogen-bond acceptors (Lipinski definition) is 4. The summed E-state index contributed by atoms with van der Waals surface area (Å²) in [6, 6.07) is 0. The number of rotatable bonds is 4. The van der Waals surface area contributed by atoms with E-state index in [1.807, 2.05) is 13.8 Å². The molecule has 0 aromatic heterocycles. The Morgan fingerprint density at radius 3 is 2.05 bits per heavy atom. The molecular formula is C13H23FN2O4. The first-order valence-electron chi connectivity index (χ1n) is 5.89. The number of carbonyl (C=O) groups is 1. The van der Waals surface area contributed by atoms with Crippen molar-refractivity contribution in [3.8, 4) is 0 Å². The molecule has 0 heterocycles. The minimum Gasteiger partial charge on any atom is -0.275 e. The highest BCUT2D eigenvalue weighted by atomic mass is 19.1. The molecule has 0 unspecified atom stereocenters. The van der Waals surface area contributed by atoms with Crippen LogP contribution in [0.25, 0.3) is 0 Å². The molecule has 0 bridgehead atoms. The lowest BCUT2D eigenvalue weighted by Gasteiger charge is -2.08. The molecule has 0 aliphatic rings. The number of carbonyl (C=O) groups excluding carboxylic acids is 1. The predicted octanol–water partition coefficient (Wildman–Crippen LogP) is 3.26. The molecule has 7 heteroatoms. The third-order valence-electron chi connectivity index (χ3n) is 1.67. The maximum absolute atomic E-state index is 12.6. The molecule has 1 amide bonds. The van der Waals surface area contributed by atoms with E-state index in [4.69, 9.17) is 0 Å². The Kier molecular flexibility index (Phi) is 17.4. The maximum Gasteiger partial charge on any atom is 0.304 e. The zero-order valence-corrected chi connectivity index (χ0v) is 12.8. The molecule has 0 rings (SSSR count). The van der Waals surface area contributed by atoms with E-state index < -0.39 is 16.4 Å². The second-order valence-corrected chi connectivity index (χ2v) is 2.89. The van der Waals surface area contributed by atoms with Crippen molar-refractivity contribution in [2.75, 3.05) is 14.2 Å². The van der Waals surface area contributed by atoms with Crippen molar-refractivity contribution < 1.29 is 18.9 Å². The number of amides is 1. The second-order valence-electron chi connectivity index (χ2n) is 2.89. The monoisotopic (exact) mass is 290 g/mol. The number of nitro groups is 1. The van der Waals surface area contributed by atoms with Gasteiger partial charge in [0.15, 0.2) is 5.83 Å². The van der Waals surface area contributed by atoms with Gasteiger partial charge in [0.05, 0.1) is 12.0 Å². The van der Waals surface area contributed by atoms with Gasteiger partial charge in [-0.05, 0) is 13.0 Å². The van der Waals surface area contributed by atoms with Crippen molar-refractivity contribution >= 4 is 5.91 Å². The van der Waals surface area contributed by atoms with E-state index in [9.17, 15) is 19.3 Å². The van der Waals surface area contributed by atoms with Gasteiger partial charge in [-0.3, -0.25) is 19.7 Å². The maximum atomic E-state index is 12.6. The zero-order valence-electron chi connectivity index (χ0n) is 12.8. The number of allylic oxidation sites excluding steroid dienone is 4. The fourth-order valence-electron chi connectivity index (χ4n) is 0.620. The van der Waals surface area contributed by atoms with Crippen LogP contribution >= 0.6 is 0 Å². The molecule has 0 N–H and O–H groups in total. The fourth-order valence-corrected chi connectivity index (χ4v) is 0.620. The summed E-state index contributed by atoms with van der Waals surface area (Å²) in [5.74, 6) is -0.977. The second kappa shape index (κ2) is 15.0. The summed E-state index contributed by atoms with van der Waals surface area (Å²) in [5, 5.41) is 11.2. The molecule has 0 radical (unpaired) electrons. The summed E-state index contributed by atoms with van der Waals surface area (Å²) in [4.78, 5) is 23.9. The predicted molar refractivity (Wildman–Crippen MR) is 76.9 cm³/mol. The topological polar surface area (TPSA) is 72.7 Å². The Morgan fingerprint density at radius 1 is 1.45 bits per heavy atom. The van der Waals surface area contributed by atoms with Crippen molar-refractivity contribution in [1.82, 2.24) is 5.06 Å². The largest absolute Gasteiger partial charge is 0.304 e. The van der Waals surface area contributed by atoms with Crippen molar-refractivity contribution in [3.05, 3.63) is 46.4 Å². The number of nitrogens with zero attached hydrogens (tertiary/aromatic N) is 2. The molecule has 0 aromatic rings. The van der Waals surface area contributed by atoms with Crippen LogP contribution in [0.15, 0.2) is 36.3 Å². The molecule has 0 aliphatic carbocycles. The van der Waals surface area contributed by atoms with E-state index >= 15 is 0 Å². The molecule has 0 aromatic carbocycles. The van der Waals surface area contributed by atoms with Gasteiger partial charge in [0.2, 0.25) is 5.91 Å². The van der Waals surface area contributed by atoms with Crippen molar-refractivity contribution in [1.29, 1.82) is 0 Å². The van der Waals surface area contributed by atoms with Crippen LogP contribution in [0.1, 0.15) is 27.7 Å². The average Bonchev–Trinajstić information content (AvgIpc) is 2.41. The zero-order chi connectivity index (χ0) is 16.7. The van der Waals surface area contributed by atoms with Gasteiger partial charge >= 0.3 is 5.70 Å². The van der Waals surface area contributed by atoms with Gasteiger partial charge < -0.3 is 0 Å².